The Morgan fingerprint density at radius 2 is 0.506 bits per heavy atom. The van der Waals surface area contributed by atoms with E-state index in [0.29, 0.717) is 0 Å². The first-order valence-corrected chi connectivity index (χ1v) is 30.1. The Kier molecular flexibility index (Phi) is 11.8. The summed E-state index contributed by atoms with van der Waals surface area (Å²) in [4.78, 5) is 0. The van der Waals surface area contributed by atoms with Crippen LogP contribution in [-0.2, 0) is 5.41 Å². The largest absolute Gasteiger partial charge is 0.309 e. The topological polar surface area (TPSA) is 9.86 Å². The molecule has 1 aliphatic carbocycles. The maximum Gasteiger partial charge on any atom is 0.0719 e. The van der Waals surface area contributed by atoms with Crippen molar-refractivity contribution in [3.05, 3.63) is 362 Å². The Morgan fingerprint density at radius 3 is 1.01 bits per heavy atom. The molecular weight excluding hydrogens is 1050 g/mol. The second kappa shape index (κ2) is 20.5. The Morgan fingerprint density at radius 1 is 0.184 bits per heavy atom. The van der Waals surface area contributed by atoms with Gasteiger partial charge in [0.1, 0.15) is 0 Å². The summed E-state index contributed by atoms with van der Waals surface area (Å²) in [5, 5.41) is 4.99. The summed E-state index contributed by atoms with van der Waals surface area (Å²) in [7, 11) is 0. The van der Waals surface area contributed by atoms with Crippen molar-refractivity contribution in [2.45, 2.75) is 5.41 Å². The molecule has 0 amide bonds. The van der Waals surface area contributed by atoms with Crippen LogP contribution in [0, 0.1) is 0 Å². The van der Waals surface area contributed by atoms with E-state index in [4.69, 9.17) is 0 Å². The average molecular weight is 1110 g/mol. The van der Waals surface area contributed by atoms with Gasteiger partial charge in [0.05, 0.1) is 27.5 Å². The van der Waals surface area contributed by atoms with Gasteiger partial charge in [0.15, 0.2) is 0 Å². The maximum absolute atomic E-state index is 2.44. The minimum Gasteiger partial charge on any atom is -0.309 e. The van der Waals surface area contributed by atoms with Crippen molar-refractivity contribution in [1.82, 2.24) is 9.13 Å². The van der Waals surface area contributed by atoms with Crippen molar-refractivity contribution in [2.75, 3.05) is 0 Å². The molecule has 16 aromatic rings. The molecule has 0 atom stereocenters. The predicted molar refractivity (Wildman–Crippen MR) is 365 cm³/mol. The number of nitrogens with zero attached hydrogens (tertiary/aromatic N) is 2. The van der Waals surface area contributed by atoms with Crippen LogP contribution in [-0.4, -0.2) is 9.13 Å². The van der Waals surface area contributed by atoms with E-state index in [1.54, 1.807) is 0 Å². The van der Waals surface area contributed by atoms with Gasteiger partial charge in [-0.2, -0.15) is 0 Å². The van der Waals surface area contributed by atoms with Crippen molar-refractivity contribution in [3.63, 3.8) is 0 Å². The van der Waals surface area contributed by atoms with Gasteiger partial charge >= 0.3 is 0 Å². The van der Waals surface area contributed by atoms with Gasteiger partial charge in [-0.3, -0.25) is 0 Å². The van der Waals surface area contributed by atoms with Gasteiger partial charge in [-0.05, 0) is 167 Å². The molecule has 2 heterocycles. The van der Waals surface area contributed by atoms with E-state index in [-0.39, 0.29) is 0 Å². The van der Waals surface area contributed by atoms with E-state index < -0.39 is 5.41 Å². The highest BCUT2D eigenvalue weighted by Gasteiger charge is 2.47. The smallest absolute Gasteiger partial charge is 0.0719 e. The number of hydrogen-bond acceptors (Lipinski definition) is 0. The molecule has 0 fully saturated rings. The third-order valence-corrected chi connectivity index (χ3v) is 18.5. The number of hydrogen-bond donors (Lipinski definition) is 0. The van der Waals surface area contributed by atoms with Crippen LogP contribution in [0.15, 0.2) is 340 Å². The minimum absolute atomic E-state index is 0.568. The summed E-state index contributed by atoms with van der Waals surface area (Å²) < 4.78 is 4.79. The zero-order chi connectivity index (χ0) is 57.4. The van der Waals surface area contributed by atoms with E-state index >= 15 is 0 Å². The molecule has 0 radical (unpaired) electrons. The highest BCUT2D eigenvalue weighted by molar-refractivity contribution is 6.13. The lowest BCUT2D eigenvalue weighted by molar-refractivity contribution is 0.771. The second-order valence-electron chi connectivity index (χ2n) is 23.1. The molecule has 14 aromatic carbocycles. The summed E-state index contributed by atoms with van der Waals surface area (Å²) in [5.74, 6) is 0. The van der Waals surface area contributed by atoms with Gasteiger partial charge in [0.25, 0.3) is 0 Å². The predicted octanol–water partition coefficient (Wildman–Crippen LogP) is 22.2. The molecule has 1 aliphatic rings. The first kappa shape index (κ1) is 50.2. The minimum atomic E-state index is -0.568. The summed E-state index contributed by atoms with van der Waals surface area (Å²) >= 11 is 0. The van der Waals surface area contributed by atoms with Gasteiger partial charge in [-0.15, -0.1) is 0 Å². The summed E-state index contributed by atoms with van der Waals surface area (Å²) in [6, 6.07) is 126. The monoisotopic (exact) mass is 1100 g/mol. The van der Waals surface area contributed by atoms with Crippen molar-refractivity contribution < 1.29 is 0 Å². The molecule has 0 bridgehead atoms. The fourth-order valence-corrected chi connectivity index (χ4v) is 14.4. The molecule has 0 aliphatic heterocycles. The first-order chi connectivity index (χ1) is 43.1. The van der Waals surface area contributed by atoms with Crippen molar-refractivity contribution in [1.29, 1.82) is 0 Å². The zero-order valence-corrected chi connectivity index (χ0v) is 47.7. The summed E-state index contributed by atoms with van der Waals surface area (Å²) in [6.45, 7) is 0. The highest BCUT2D eigenvalue weighted by Crippen LogP contribution is 2.58. The van der Waals surface area contributed by atoms with Gasteiger partial charge in [-0.25, -0.2) is 0 Å². The maximum atomic E-state index is 2.44. The van der Waals surface area contributed by atoms with Gasteiger partial charge in [0, 0.05) is 32.9 Å². The Hall–Kier alpha value is -11.3. The standard InChI is InChI=1S/C85H56N2/c1-3-18-57(19-4-1)58-42-44-64(45-43-58)71-24-7-12-29-78(71)85(79-30-13-8-25-72(79)73-26-9-14-31-80(73)85)68-21-17-20-65(54-68)63-40-38-60(39-41-63)59-34-36-61(37-35-59)62-46-50-70(51-47-62)87-82-33-16-11-28-75(82)77-56-67(49-53-84(77)87)66-48-52-83-76(55-66)74-27-10-15-32-81(74)86(83)69-22-5-2-6-23-69/h1-56H. The molecule has 0 unspecified atom stereocenters. The van der Waals surface area contributed by atoms with Crippen LogP contribution in [0.3, 0.4) is 0 Å². The Balaban J connectivity index is 0.661. The first-order valence-electron chi connectivity index (χ1n) is 30.1. The van der Waals surface area contributed by atoms with E-state index in [9.17, 15) is 0 Å². The van der Waals surface area contributed by atoms with Crippen LogP contribution in [0.2, 0.25) is 0 Å². The average Bonchev–Trinajstić information content (AvgIpc) is 1.64. The number of benzene rings is 14. The van der Waals surface area contributed by atoms with Crippen LogP contribution in [0.5, 0.6) is 0 Å². The molecule has 0 spiro atoms. The molecule has 87 heavy (non-hydrogen) atoms. The molecule has 2 nitrogen and oxygen atoms in total. The molecule has 2 heteroatoms. The van der Waals surface area contributed by atoms with Crippen LogP contribution in [0.25, 0.3) is 133 Å². The lowest BCUT2D eigenvalue weighted by Gasteiger charge is -2.36. The third kappa shape index (κ3) is 8.17. The number of aromatic nitrogens is 2. The van der Waals surface area contributed by atoms with Gasteiger partial charge in [0.2, 0.25) is 0 Å². The number of para-hydroxylation sites is 3. The fourth-order valence-electron chi connectivity index (χ4n) is 14.4. The number of fused-ring (bicyclic) bond motifs is 9. The van der Waals surface area contributed by atoms with Crippen molar-refractivity contribution >= 4 is 43.6 Å². The van der Waals surface area contributed by atoms with E-state index in [2.05, 4.69) is 349 Å². The summed E-state index contributed by atoms with van der Waals surface area (Å²) in [6.07, 6.45) is 0. The molecule has 0 saturated carbocycles. The normalized spacial score (nSPS) is 12.5. The highest BCUT2D eigenvalue weighted by atomic mass is 15.0. The fraction of sp³-hybridized carbons (Fsp3) is 0.0118. The summed E-state index contributed by atoms with van der Waals surface area (Å²) in [5.41, 5.74) is 28.6. The number of rotatable bonds is 10. The quantitative estimate of drug-likeness (QED) is 0.129. The van der Waals surface area contributed by atoms with Gasteiger partial charge in [-0.1, -0.05) is 273 Å². The van der Waals surface area contributed by atoms with E-state index in [0.717, 1.165) is 5.69 Å². The van der Waals surface area contributed by atoms with E-state index in [1.165, 1.54) is 149 Å². The molecule has 17 rings (SSSR count). The molecule has 406 valence electrons. The molecule has 0 N–H and O–H groups in total. The Labute approximate surface area is 506 Å². The van der Waals surface area contributed by atoms with Crippen molar-refractivity contribution in [2.24, 2.45) is 0 Å². The van der Waals surface area contributed by atoms with Crippen molar-refractivity contribution in [3.8, 4) is 89.3 Å². The molecule has 2 aromatic heterocycles. The van der Waals surface area contributed by atoms with Crippen LogP contribution in [0.1, 0.15) is 22.3 Å². The van der Waals surface area contributed by atoms with Crippen LogP contribution in [0.4, 0.5) is 0 Å². The lowest BCUT2D eigenvalue weighted by Crippen LogP contribution is -2.29. The lowest BCUT2D eigenvalue weighted by atomic mass is 9.65. The Bertz CT molecular complexity index is 5230. The second-order valence-corrected chi connectivity index (χ2v) is 23.1. The SMILES string of the molecule is c1ccc(-c2ccc(-c3ccccc3C3(c4cccc(-c5ccc(-c6ccc(-c7ccc(-n8c9ccccc9c9cc(-c%10ccc%11c(c%10)c%10ccccc%10n%11-c%10ccccc%10)ccc98)cc7)cc6)cc5)c4)c4ccccc4-c4ccccc43)cc2)cc1. The zero-order valence-electron chi connectivity index (χ0n) is 47.7. The molecule has 0 saturated heterocycles. The third-order valence-electron chi connectivity index (χ3n) is 18.5. The van der Waals surface area contributed by atoms with Crippen LogP contribution >= 0.6 is 0 Å². The molecular formula is C85H56N2. The van der Waals surface area contributed by atoms with Gasteiger partial charge < -0.3 is 9.13 Å². The van der Waals surface area contributed by atoms with E-state index in [1.807, 2.05) is 0 Å². The van der Waals surface area contributed by atoms with Crippen LogP contribution < -0.4 is 0 Å².